The van der Waals surface area contributed by atoms with Crippen LogP contribution in [-0.4, -0.2) is 21.5 Å². The molecule has 170 valence electrons. The van der Waals surface area contributed by atoms with Crippen LogP contribution in [-0.2, 0) is 11.8 Å². The summed E-state index contributed by atoms with van der Waals surface area (Å²) < 4.78 is 8.69. The first-order valence-electron chi connectivity index (χ1n) is 10.6. The lowest BCUT2D eigenvalue weighted by Crippen LogP contribution is -2.19. The Kier molecular flexibility index (Phi) is 6.90. The highest BCUT2D eigenvalue weighted by molar-refractivity contribution is 6.32. The number of carbonyl (C=O) groups is 1. The van der Waals surface area contributed by atoms with Crippen molar-refractivity contribution in [2.45, 2.75) is 6.92 Å². The third-order valence-electron chi connectivity index (χ3n) is 5.27. The molecule has 0 aliphatic rings. The molecule has 34 heavy (non-hydrogen) atoms. The first kappa shape index (κ1) is 23.0. The van der Waals surface area contributed by atoms with E-state index in [2.05, 4.69) is 4.99 Å². The Hall–Kier alpha value is -4.16. The summed E-state index contributed by atoms with van der Waals surface area (Å²) in [5, 5.41) is 0.555. The second-order valence-electron chi connectivity index (χ2n) is 7.51. The van der Waals surface area contributed by atoms with Gasteiger partial charge in [-0.2, -0.15) is 0 Å². The van der Waals surface area contributed by atoms with Gasteiger partial charge in [0.25, 0.3) is 5.56 Å². The fraction of sp³-hybridized carbons (Fsp3) is 0.0741. The van der Waals surface area contributed by atoms with E-state index in [4.69, 9.17) is 16.3 Å². The number of hydrogen-bond donors (Lipinski definition) is 0. The van der Waals surface area contributed by atoms with Gasteiger partial charge in [-0.3, -0.25) is 9.48 Å². The summed E-state index contributed by atoms with van der Waals surface area (Å²) in [6, 6.07) is 23.5. The number of rotatable bonds is 6. The topological polar surface area (TPSA) is 65.6 Å². The maximum Gasteiger partial charge on any atom is 0.336 e. The Morgan fingerprint density at radius 2 is 1.65 bits per heavy atom. The van der Waals surface area contributed by atoms with Crippen molar-refractivity contribution in [1.29, 1.82) is 0 Å². The number of benzene rings is 3. The van der Waals surface area contributed by atoms with Crippen LogP contribution in [0.15, 0.2) is 94.7 Å². The average Bonchev–Trinajstić information content (AvgIpc) is 3.06. The number of hydrogen-bond acceptors (Lipinski definition) is 4. The minimum Gasteiger partial charge on any atom is -0.423 e. The normalized spacial score (nSPS) is 11.4. The summed E-state index contributed by atoms with van der Waals surface area (Å²) in [6.45, 7) is 1.85. The Labute approximate surface area is 202 Å². The molecule has 3 aromatic carbocycles. The van der Waals surface area contributed by atoms with Crippen LogP contribution in [0.2, 0.25) is 5.02 Å². The van der Waals surface area contributed by atoms with Gasteiger partial charge in [-0.15, -0.1) is 0 Å². The quantitative estimate of drug-likeness (QED) is 0.161. The van der Waals surface area contributed by atoms with E-state index in [0.717, 1.165) is 22.5 Å². The van der Waals surface area contributed by atoms with Gasteiger partial charge in [0.1, 0.15) is 5.75 Å². The molecule has 0 radical (unpaired) electrons. The molecule has 0 fully saturated rings. The smallest absolute Gasteiger partial charge is 0.336 e. The van der Waals surface area contributed by atoms with E-state index in [-0.39, 0.29) is 5.56 Å². The van der Waals surface area contributed by atoms with Gasteiger partial charge in [-0.1, -0.05) is 48.0 Å². The van der Waals surface area contributed by atoms with Crippen LogP contribution in [0.25, 0.3) is 11.8 Å². The molecule has 0 atom stereocenters. The highest BCUT2D eigenvalue weighted by atomic mass is 35.5. The summed E-state index contributed by atoms with van der Waals surface area (Å²) >= 11 is 6.08. The Bertz CT molecular complexity index is 1430. The Balaban J connectivity index is 1.46. The molecule has 1 aromatic heterocycles. The number of aromatic nitrogens is 2. The minimum atomic E-state index is -0.511. The molecule has 0 saturated heterocycles. The van der Waals surface area contributed by atoms with Crippen LogP contribution in [0.1, 0.15) is 16.8 Å². The molecular weight excluding hydrogens is 450 g/mol. The summed E-state index contributed by atoms with van der Waals surface area (Å²) in [7, 11) is 1.83. The number of aliphatic imine (C=N–C) groups is 1. The van der Waals surface area contributed by atoms with Crippen LogP contribution in [0.4, 0.5) is 5.69 Å². The molecule has 7 heteroatoms. The third kappa shape index (κ3) is 5.08. The summed E-state index contributed by atoms with van der Waals surface area (Å²) in [6.07, 6.45) is 4.55. The monoisotopic (exact) mass is 471 g/mol. The highest BCUT2D eigenvalue weighted by Crippen LogP contribution is 2.19. The van der Waals surface area contributed by atoms with Crippen molar-refractivity contribution in [3.8, 4) is 11.4 Å². The molecular formula is C27H22ClN3O3. The Morgan fingerprint density at radius 3 is 2.35 bits per heavy atom. The zero-order valence-electron chi connectivity index (χ0n) is 18.7. The Morgan fingerprint density at radius 1 is 0.971 bits per heavy atom. The van der Waals surface area contributed by atoms with Crippen LogP contribution < -0.4 is 10.3 Å². The number of esters is 1. The fourth-order valence-corrected chi connectivity index (χ4v) is 3.58. The molecule has 1 heterocycles. The lowest BCUT2D eigenvalue weighted by molar-refractivity contribution is -0.128. The number of nitrogens with zero attached hydrogens (tertiary/aromatic N) is 3. The van der Waals surface area contributed by atoms with Crippen LogP contribution in [0.3, 0.4) is 0 Å². The predicted molar refractivity (Wildman–Crippen MR) is 136 cm³/mol. The van der Waals surface area contributed by atoms with Crippen LogP contribution >= 0.6 is 11.6 Å². The first-order valence-corrected chi connectivity index (χ1v) is 10.9. The van der Waals surface area contributed by atoms with E-state index in [1.54, 1.807) is 52.0 Å². The minimum absolute atomic E-state index is 0.196. The van der Waals surface area contributed by atoms with E-state index in [9.17, 15) is 9.59 Å². The van der Waals surface area contributed by atoms with Gasteiger partial charge in [0, 0.05) is 24.4 Å². The standard InChI is InChI=1S/C27H22ClN3O3/c1-19-26(27(33)31(30(19)2)22-9-4-3-5-10-22)29-18-20-12-15-23(16-13-20)34-25(32)17-14-21-8-6-7-11-24(21)28/h3-18H,1-2H3. The molecule has 0 N–H and O–H groups in total. The lowest BCUT2D eigenvalue weighted by Gasteiger charge is -2.07. The summed E-state index contributed by atoms with van der Waals surface area (Å²) in [5.41, 5.74) is 3.19. The highest BCUT2D eigenvalue weighted by Gasteiger charge is 2.14. The predicted octanol–water partition coefficient (Wildman–Crippen LogP) is 5.51. The van der Waals surface area contributed by atoms with Gasteiger partial charge in [-0.25, -0.2) is 14.5 Å². The third-order valence-corrected chi connectivity index (χ3v) is 5.61. The van der Waals surface area contributed by atoms with E-state index >= 15 is 0 Å². The second-order valence-corrected chi connectivity index (χ2v) is 7.92. The number of carbonyl (C=O) groups excluding carboxylic acids is 1. The zero-order chi connectivity index (χ0) is 24.1. The van der Waals surface area contributed by atoms with Crippen molar-refractivity contribution in [3.63, 3.8) is 0 Å². The number of para-hydroxylation sites is 1. The largest absolute Gasteiger partial charge is 0.423 e. The maximum absolute atomic E-state index is 12.9. The lowest BCUT2D eigenvalue weighted by atomic mass is 10.2. The van der Waals surface area contributed by atoms with Crippen molar-refractivity contribution in [2.75, 3.05) is 0 Å². The molecule has 0 aliphatic heterocycles. The van der Waals surface area contributed by atoms with Gasteiger partial charge in [0.15, 0.2) is 5.69 Å². The van der Waals surface area contributed by atoms with E-state index in [0.29, 0.717) is 16.5 Å². The maximum atomic E-state index is 12.9. The summed E-state index contributed by atoms with van der Waals surface area (Å²) in [5.74, 6) is -0.115. The van der Waals surface area contributed by atoms with Gasteiger partial charge in [-0.05, 0) is 66.6 Å². The molecule has 6 nitrogen and oxygen atoms in total. The van der Waals surface area contributed by atoms with E-state index < -0.39 is 5.97 Å². The number of ether oxygens (including phenoxy) is 1. The molecule has 0 bridgehead atoms. The van der Waals surface area contributed by atoms with Crippen LogP contribution in [0.5, 0.6) is 5.75 Å². The summed E-state index contributed by atoms with van der Waals surface area (Å²) in [4.78, 5) is 29.5. The van der Waals surface area contributed by atoms with Gasteiger partial charge < -0.3 is 4.74 Å². The molecule has 4 rings (SSSR count). The molecule has 4 aromatic rings. The molecule has 0 saturated carbocycles. The molecule has 0 amide bonds. The second kappa shape index (κ2) is 10.2. The molecule has 0 unspecified atom stereocenters. The van der Waals surface area contributed by atoms with E-state index in [1.807, 2.05) is 62.5 Å². The van der Waals surface area contributed by atoms with Crippen molar-refractivity contribution in [2.24, 2.45) is 12.0 Å². The van der Waals surface area contributed by atoms with E-state index in [1.165, 1.54) is 6.08 Å². The van der Waals surface area contributed by atoms with Gasteiger partial charge >= 0.3 is 5.97 Å². The van der Waals surface area contributed by atoms with Crippen molar-refractivity contribution >= 4 is 35.5 Å². The fourth-order valence-electron chi connectivity index (χ4n) is 3.38. The molecule has 0 aliphatic carbocycles. The first-order chi connectivity index (χ1) is 16.4. The van der Waals surface area contributed by atoms with Gasteiger partial charge in [0.05, 0.1) is 11.4 Å². The van der Waals surface area contributed by atoms with Crippen LogP contribution in [0, 0.1) is 6.92 Å². The van der Waals surface area contributed by atoms with Crippen molar-refractivity contribution in [3.05, 3.63) is 117 Å². The molecule has 0 spiro atoms. The van der Waals surface area contributed by atoms with Gasteiger partial charge in [0.2, 0.25) is 0 Å². The number of halogens is 1. The van der Waals surface area contributed by atoms with Crippen molar-refractivity contribution < 1.29 is 9.53 Å². The zero-order valence-corrected chi connectivity index (χ0v) is 19.4. The average molecular weight is 472 g/mol. The SMILES string of the molecule is Cc1c(N=Cc2ccc(OC(=O)C=Cc3ccccc3Cl)cc2)c(=O)n(-c2ccccc2)n1C. The van der Waals surface area contributed by atoms with Crippen molar-refractivity contribution in [1.82, 2.24) is 9.36 Å².